The van der Waals surface area contributed by atoms with E-state index in [-0.39, 0.29) is 6.61 Å². The van der Waals surface area contributed by atoms with Crippen molar-refractivity contribution in [2.45, 2.75) is 38.7 Å². The normalized spacial score (nSPS) is 11.9. The van der Waals surface area contributed by atoms with Gasteiger partial charge in [-0.15, -0.1) is 0 Å². The molecule has 0 bridgehead atoms. The quantitative estimate of drug-likeness (QED) is 0.405. The summed E-state index contributed by atoms with van der Waals surface area (Å²) in [4.78, 5) is 21.7. The van der Waals surface area contributed by atoms with Crippen LogP contribution in [0.2, 0.25) is 0 Å². The highest BCUT2D eigenvalue weighted by atomic mass is 35.5. The third-order valence-corrected chi connectivity index (χ3v) is 1.77. The van der Waals surface area contributed by atoms with E-state index in [2.05, 4.69) is 9.47 Å². The van der Waals surface area contributed by atoms with Gasteiger partial charge in [0.15, 0.2) is 5.56 Å². The Morgan fingerprint density at radius 2 is 1.93 bits per heavy atom. The van der Waals surface area contributed by atoms with Crippen molar-refractivity contribution < 1.29 is 19.1 Å². The molecule has 0 aliphatic carbocycles. The summed E-state index contributed by atoms with van der Waals surface area (Å²) in [6, 6.07) is 0. The van der Waals surface area contributed by atoms with Crippen molar-refractivity contribution in [1.29, 1.82) is 0 Å². The zero-order chi connectivity index (χ0) is 11.0. The van der Waals surface area contributed by atoms with Crippen LogP contribution in [0.25, 0.3) is 0 Å². The molecule has 0 heterocycles. The fourth-order valence-corrected chi connectivity index (χ4v) is 1.01. The maximum absolute atomic E-state index is 10.9. The van der Waals surface area contributed by atoms with E-state index in [0.29, 0.717) is 6.42 Å². The summed E-state index contributed by atoms with van der Waals surface area (Å²) in [5.41, 5.74) is -0.744. The molecule has 4 nitrogen and oxygen atoms in total. The number of carbonyl (C=O) groups excluding carboxylic acids is 2. The maximum atomic E-state index is 10.9. The van der Waals surface area contributed by atoms with E-state index >= 15 is 0 Å². The topological polar surface area (TPSA) is 52.6 Å². The van der Waals surface area contributed by atoms with E-state index in [4.69, 9.17) is 11.6 Å². The predicted molar refractivity (Wildman–Crippen MR) is 51.9 cm³/mol. The Bertz CT molecular complexity index is 193. The lowest BCUT2D eigenvalue weighted by molar-refractivity contribution is -0.168. The van der Waals surface area contributed by atoms with E-state index in [1.54, 1.807) is 6.92 Å². The predicted octanol–water partition coefficient (Wildman–Crippen LogP) is 1.85. The van der Waals surface area contributed by atoms with Crippen molar-refractivity contribution in [1.82, 2.24) is 0 Å². The number of unbranched alkanes of at least 4 members (excludes halogenated alkanes) is 1. The molecule has 0 aliphatic heterocycles. The average Bonchev–Trinajstić information content (AvgIpc) is 2.15. The second-order valence-corrected chi connectivity index (χ2v) is 3.16. The van der Waals surface area contributed by atoms with Gasteiger partial charge in [-0.1, -0.05) is 24.9 Å². The number of alkyl halides is 1. The molecule has 0 amide bonds. The van der Waals surface area contributed by atoms with E-state index in [1.807, 2.05) is 6.92 Å². The van der Waals surface area contributed by atoms with Crippen LogP contribution in [0.15, 0.2) is 0 Å². The Hall–Kier alpha value is -0.770. The molecule has 0 aromatic rings. The molecule has 0 aromatic heterocycles. The van der Waals surface area contributed by atoms with Crippen LogP contribution >= 0.6 is 11.6 Å². The fraction of sp³-hybridized carbons (Fsp3) is 0.778. The van der Waals surface area contributed by atoms with Gasteiger partial charge in [0.2, 0.25) is 0 Å². The van der Waals surface area contributed by atoms with Crippen molar-refractivity contribution in [3.8, 4) is 0 Å². The molecule has 14 heavy (non-hydrogen) atoms. The molecule has 82 valence electrons. The number of hydrogen-bond acceptors (Lipinski definition) is 4. The van der Waals surface area contributed by atoms with Crippen LogP contribution in [0.1, 0.15) is 33.1 Å². The molecule has 0 aromatic carbocycles. The van der Waals surface area contributed by atoms with Crippen LogP contribution in [-0.2, 0) is 19.1 Å². The lowest BCUT2D eigenvalue weighted by atomic mass is 10.3. The minimum absolute atomic E-state index is 0.149. The highest BCUT2D eigenvalue weighted by molar-refractivity contribution is 6.31. The molecule has 0 aliphatic rings. The van der Waals surface area contributed by atoms with Crippen LogP contribution in [0, 0.1) is 0 Å². The Labute approximate surface area is 88.5 Å². The Kier molecular flexibility index (Phi) is 7.20. The van der Waals surface area contributed by atoms with Crippen LogP contribution in [0.3, 0.4) is 0 Å². The molecular weight excluding hydrogens is 208 g/mol. The minimum atomic E-state index is -1.03. The first-order valence-corrected chi connectivity index (χ1v) is 5.07. The number of carbonyl (C=O) groups is 2. The fourth-order valence-electron chi connectivity index (χ4n) is 0.778. The molecule has 0 saturated carbocycles. The average molecular weight is 223 g/mol. The summed E-state index contributed by atoms with van der Waals surface area (Å²) < 4.78 is 9.06. The Morgan fingerprint density at radius 1 is 1.29 bits per heavy atom. The first kappa shape index (κ1) is 13.2. The van der Waals surface area contributed by atoms with Gasteiger partial charge < -0.3 is 9.47 Å². The molecule has 0 saturated heterocycles. The number of halogens is 1. The Morgan fingerprint density at radius 3 is 2.43 bits per heavy atom. The summed E-state index contributed by atoms with van der Waals surface area (Å²) >= 11 is 5.65. The number of rotatable bonds is 5. The van der Waals surface area contributed by atoms with E-state index in [0.717, 1.165) is 12.8 Å². The van der Waals surface area contributed by atoms with Crippen LogP contribution < -0.4 is 0 Å². The van der Waals surface area contributed by atoms with Gasteiger partial charge in [0.05, 0.1) is 6.61 Å². The second-order valence-electron chi connectivity index (χ2n) is 2.68. The molecule has 0 N–H and O–H groups in total. The van der Waals surface area contributed by atoms with Crippen molar-refractivity contribution >= 4 is 23.5 Å². The first-order chi connectivity index (χ1) is 6.61. The van der Waals surface area contributed by atoms with Crippen molar-refractivity contribution in [3.63, 3.8) is 0 Å². The molecule has 5 heteroatoms. The van der Waals surface area contributed by atoms with Gasteiger partial charge in [-0.2, -0.15) is 0 Å². The number of ether oxygens (including phenoxy) is 2. The number of esters is 2. The van der Waals surface area contributed by atoms with Gasteiger partial charge in [-0.05, 0) is 19.8 Å². The summed E-state index contributed by atoms with van der Waals surface area (Å²) in [5.74, 6) is -2.02. The third kappa shape index (κ3) is 5.80. The monoisotopic (exact) mass is 222 g/mol. The van der Waals surface area contributed by atoms with Gasteiger partial charge in [-0.25, -0.2) is 9.59 Å². The van der Waals surface area contributed by atoms with Crippen molar-refractivity contribution in [3.05, 3.63) is 0 Å². The molecule has 1 unspecified atom stereocenters. The van der Waals surface area contributed by atoms with Crippen LogP contribution in [0.4, 0.5) is 0 Å². The van der Waals surface area contributed by atoms with E-state index in [9.17, 15) is 9.59 Å². The molecule has 0 spiro atoms. The molecule has 0 rings (SSSR count). The zero-order valence-electron chi connectivity index (χ0n) is 8.42. The third-order valence-electron chi connectivity index (χ3n) is 1.46. The smallest absolute Gasteiger partial charge is 0.418 e. The molecule has 1 atom stereocenters. The van der Waals surface area contributed by atoms with Crippen LogP contribution in [0.5, 0.6) is 0 Å². The molecule has 0 radical (unpaired) electrons. The van der Waals surface area contributed by atoms with E-state index in [1.165, 1.54) is 0 Å². The lowest BCUT2D eigenvalue weighted by Crippen LogP contribution is -2.23. The standard InChI is InChI=1S/C9H15ClO4/c1-3-5-6-7(10)14-9(12)8(11)13-4-2/h7H,3-6H2,1-2H3. The summed E-state index contributed by atoms with van der Waals surface area (Å²) in [6.45, 7) is 3.76. The summed E-state index contributed by atoms with van der Waals surface area (Å²) in [5, 5.41) is 0. The first-order valence-electron chi connectivity index (χ1n) is 4.63. The van der Waals surface area contributed by atoms with E-state index < -0.39 is 17.5 Å². The Balaban J connectivity index is 3.75. The lowest BCUT2D eigenvalue weighted by Gasteiger charge is -2.09. The van der Waals surface area contributed by atoms with Crippen molar-refractivity contribution in [2.75, 3.05) is 6.61 Å². The van der Waals surface area contributed by atoms with Crippen molar-refractivity contribution in [2.24, 2.45) is 0 Å². The van der Waals surface area contributed by atoms with Gasteiger partial charge in [0.25, 0.3) is 0 Å². The van der Waals surface area contributed by atoms with Gasteiger partial charge >= 0.3 is 11.9 Å². The maximum Gasteiger partial charge on any atom is 0.418 e. The SMILES string of the molecule is CCCCC(Cl)OC(=O)C(=O)OCC. The largest absolute Gasteiger partial charge is 0.458 e. The molecular formula is C9H15ClO4. The van der Waals surface area contributed by atoms with Crippen LogP contribution in [-0.4, -0.2) is 24.1 Å². The van der Waals surface area contributed by atoms with Gasteiger partial charge in [0, 0.05) is 0 Å². The molecule has 0 fully saturated rings. The second kappa shape index (κ2) is 7.62. The minimum Gasteiger partial charge on any atom is -0.458 e. The highest BCUT2D eigenvalue weighted by Crippen LogP contribution is 2.09. The van der Waals surface area contributed by atoms with Gasteiger partial charge in [0.1, 0.15) is 0 Å². The highest BCUT2D eigenvalue weighted by Gasteiger charge is 2.20. The van der Waals surface area contributed by atoms with Gasteiger partial charge in [-0.3, -0.25) is 0 Å². The summed E-state index contributed by atoms with van der Waals surface area (Å²) in [7, 11) is 0. The summed E-state index contributed by atoms with van der Waals surface area (Å²) in [6.07, 6.45) is 2.35. The zero-order valence-corrected chi connectivity index (χ0v) is 9.17. The number of hydrogen-bond donors (Lipinski definition) is 0.